The summed E-state index contributed by atoms with van der Waals surface area (Å²) in [6.45, 7) is 9.38. The number of rotatable bonds is 0. The van der Waals surface area contributed by atoms with Crippen LogP contribution in [0.2, 0.25) is 0 Å². The second kappa shape index (κ2) is 4.23. The third-order valence-electron chi connectivity index (χ3n) is 4.41. The minimum absolute atomic E-state index is 0.242. The molecule has 1 aliphatic carbocycles. The molecular weight excluding hydrogens is 228 g/mol. The van der Waals surface area contributed by atoms with Crippen molar-refractivity contribution in [3.8, 4) is 0 Å². The lowest BCUT2D eigenvalue weighted by molar-refractivity contribution is 0.350. The normalized spacial score (nSPS) is 21.7. The van der Waals surface area contributed by atoms with Gasteiger partial charge < -0.3 is 0 Å². The zero-order valence-electron chi connectivity index (χ0n) is 12.3. The maximum absolute atomic E-state index is 2.35. The van der Waals surface area contributed by atoms with Gasteiger partial charge in [0.2, 0.25) is 0 Å². The molecule has 0 fully saturated rings. The Labute approximate surface area is 116 Å². The molecule has 0 saturated heterocycles. The first-order valence-corrected chi connectivity index (χ1v) is 7.18. The first-order valence-electron chi connectivity index (χ1n) is 7.18. The third-order valence-corrected chi connectivity index (χ3v) is 4.41. The number of fused-ring (bicyclic) bond motifs is 2. The van der Waals surface area contributed by atoms with E-state index in [2.05, 4.69) is 76.2 Å². The lowest BCUT2D eigenvalue weighted by atomic mass is 9.64. The monoisotopic (exact) mass is 250 g/mol. The van der Waals surface area contributed by atoms with Crippen LogP contribution >= 0.6 is 0 Å². The summed E-state index contributed by atoms with van der Waals surface area (Å²) >= 11 is 0. The molecule has 0 N–H and O–H groups in total. The molecule has 0 saturated carbocycles. The Kier molecular flexibility index (Phi) is 2.78. The number of hydrogen-bond acceptors (Lipinski definition) is 0. The molecule has 2 aromatic carbocycles. The number of hydrogen-bond donors (Lipinski definition) is 0. The Morgan fingerprint density at radius 1 is 0.684 bits per heavy atom. The predicted octanol–water partition coefficient (Wildman–Crippen LogP) is 5.33. The largest absolute Gasteiger partial charge is 0.0620 e. The Bertz CT molecular complexity index is 554. The van der Waals surface area contributed by atoms with Crippen molar-refractivity contribution in [2.45, 2.75) is 39.5 Å². The highest BCUT2D eigenvalue weighted by Gasteiger charge is 2.36. The van der Waals surface area contributed by atoms with E-state index >= 15 is 0 Å². The minimum atomic E-state index is 0.242. The topological polar surface area (TPSA) is 0 Å². The van der Waals surface area contributed by atoms with Crippen LogP contribution in [0, 0.1) is 5.41 Å². The van der Waals surface area contributed by atoms with Crippen LogP contribution < -0.4 is 0 Å². The van der Waals surface area contributed by atoms with Crippen molar-refractivity contribution in [3.63, 3.8) is 0 Å². The molecule has 0 aliphatic heterocycles. The summed E-state index contributed by atoms with van der Waals surface area (Å²) in [5.41, 5.74) is 6.27. The van der Waals surface area contributed by atoms with E-state index in [1.165, 1.54) is 22.3 Å². The quantitative estimate of drug-likeness (QED) is 0.593. The Morgan fingerprint density at radius 2 is 1.05 bits per heavy atom. The van der Waals surface area contributed by atoms with Crippen molar-refractivity contribution < 1.29 is 0 Å². The highest BCUT2D eigenvalue weighted by molar-refractivity contribution is 5.53. The number of benzene rings is 2. The van der Waals surface area contributed by atoms with Gasteiger partial charge in [-0.05, 0) is 27.7 Å². The fraction of sp³-hybridized carbons (Fsp3) is 0.368. The van der Waals surface area contributed by atoms with E-state index < -0.39 is 0 Å². The average molecular weight is 250 g/mol. The van der Waals surface area contributed by atoms with Gasteiger partial charge in [-0.15, -0.1) is 0 Å². The summed E-state index contributed by atoms with van der Waals surface area (Å²) in [4.78, 5) is 0. The molecule has 0 aromatic heterocycles. The van der Waals surface area contributed by atoms with Crippen LogP contribution in [0.5, 0.6) is 0 Å². The van der Waals surface area contributed by atoms with Crippen LogP contribution in [-0.2, 0) is 0 Å². The van der Waals surface area contributed by atoms with Gasteiger partial charge in [-0.1, -0.05) is 76.2 Å². The van der Waals surface area contributed by atoms with Crippen LogP contribution in [-0.4, -0.2) is 0 Å². The molecule has 2 aromatic rings. The van der Waals surface area contributed by atoms with Gasteiger partial charge in [0.05, 0.1) is 0 Å². The molecule has 98 valence electrons. The zero-order chi connectivity index (χ0) is 13.6. The molecule has 0 nitrogen and oxygen atoms in total. The van der Waals surface area contributed by atoms with E-state index in [0.29, 0.717) is 11.8 Å². The van der Waals surface area contributed by atoms with Gasteiger partial charge in [-0.2, -0.15) is 0 Å². The molecule has 0 spiro atoms. The van der Waals surface area contributed by atoms with Crippen molar-refractivity contribution >= 4 is 0 Å². The van der Waals surface area contributed by atoms with Gasteiger partial charge in [0.15, 0.2) is 0 Å². The molecule has 0 bridgehead atoms. The summed E-state index contributed by atoms with van der Waals surface area (Å²) in [7, 11) is 0. The van der Waals surface area contributed by atoms with Crippen LogP contribution in [0.1, 0.15) is 61.8 Å². The molecule has 0 unspecified atom stereocenters. The first-order chi connectivity index (χ1) is 9.00. The molecule has 0 amide bonds. The zero-order valence-corrected chi connectivity index (χ0v) is 12.3. The predicted molar refractivity (Wildman–Crippen MR) is 81.7 cm³/mol. The summed E-state index contributed by atoms with van der Waals surface area (Å²) < 4.78 is 0. The standard InChI is InChI=1S/C19H22/c1-13-14-9-5-7-11-16(14)18(19(2,3)4)17-12-8-6-10-15(13)17/h5-13,18H,1-4H3. The van der Waals surface area contributed by atoms with Crippen LogP contribution in [0.4, 0.5) is 0 Å². The van der Waals surface area contributed by atoms with Crippen LogP contribution in [0.3, 0.4) is 0 Å². The Hall–Kier alpha value is -1.56. The van der Waals surface area contributed by atoms with E-state index in [1.54, 1.807) is 0 Å². The summed E-state index contributed by atoms with van der Waals surface area (Å²) in [5, 5.41) is 0. The maximum Gasteiger partial charge on any atom is 0.0144 e. The van der Waals surface area contributed by atoms with E-state index in [0.717, 1.165) is 0 Å². The van der Waals surface area contributed by atoms with E-state index in [1.807, 2.05) is 0 Å². The maximum atomic E-state index is 2.35. The smallest absolute Gasteiger partial charge is 0.0144 e. The van der Waals surface area contributed by atoms with Crippen molar-refractivity contribution in [2.75, 3.05) is 0 Å². The molecule has 1 aliphatic rings. The highest BCUT2D eigenvalue weighted by atomic mass is 14.4. The van der Waals surface area contributed by atoms with Crippen molar-refractivity contribution in [3.05, 3.63) is 70.8 Å². The third kappa shape index (κ3) is 1.90. The molecule has 3 rings (SSSR count). The second-order valence-electron chi connectivity index (χ2n) is 6.78. The molecular formula is C19H22. The highest BCUT2D eigenvalue weighted by Crippen LogP contribution is 2.50. The second-order valence-corrected chi connectivity index (χ2v) is 6.78. The minimum Gasteiger partial charge on any atom is -0.0620 e. The molecule has 0 atom stereocenters. The average Bonchev–Trinajstić information content (AvgIpc) is 2.38. The molecule has 0 heterocycles. The first kappa shape index (κ1) is 12.5. The lowest BCUT2D eigenvalue weighted by Gasteiger charge is -2.40. The molecule has 0 radical (unpaired) electrons. The summed E-state index contributed by atoms with van der Waals surface area (Å²) in [6, 6.07) is 17.9. The van der Waals surface area contributed by atoms with Gasteiger partial charge >= 0.3 is 0 Å². The van der Waals surface area contributed by atoms with Crippen LogP contribution in [0.15, 0.2) is 48.5 Å². The van der Waals surface area contributed by atoms with Gasteiger partial charge in [0, 0.05) is 11.8 Å². The van der Waals surface area contributed by atoms with Gasteiger partial charge in [0.1, 0.15) is 0 Å². The Morgan fingerprint density at radius 3 is 1.42 bits per heavy atom. The Balaban J connectivity index is 2.30. The lowest BCUT2D eigenvalue weighted by Crippen LogP contribution is -2.26. The van der Waals surface area contributed by atoms with Crippen molar-refractivity contribution in [1.29, 1.82) is 0 Å². The fourth-order valence-electron chi connectivity index (χ4n) is 3.60. The summed E-state index contributed by atoms with van der Waals surface area (Å²) in [5.74, 6) is 1.00. The fourth-order valence-corrected chi connectivity index (χ4v) is 3.60. The van der Waals surface area contributed by atoms with Crippen molar-refractivity contribution in [1.82, 2.24) is 0 Å². The van der Waals surface area contributed by atoms with Gasteiger partial charge in [0.25, 0.3) is 0 Å². The summed E-state index contributed by atoms with van der Waals surface area (Å²) in [6.07, 6.45) is 0. The van der Waals surface area contributed by atoms with E-state index in [-0.39, 0.29) is 5.41 Å². The SMILES string of the molecule is CC1c2ccccc2C(C(C)(C)C)c2ccccc21. The van der Waals surface area contributed by atoms with Crippen molar-refractivity contribution in [2.24, 2.45) is 5.41 Å². The van der Waals surface area contributed by atoms with Gasteiger partial charge in [-0.3, -0.25) is 0 Å². The molecule has 19 heavy (non-hydrogen) atoms. The molecule has 0 heteroatoms. The van der Waals surface area contributed by atoms with E-state index in [4.69, 9.17) is 0 Å². The van der Waals surface area contributed by atoms with Crippen LogP contribution in [0.25, 0.3) is 0 Å². The van der Waals surface area contributed by atoms with Gasteiger partial charge in [-0.25, -0.2) is 0 Å². The van der Waals surface area contributed by atoms with E-state index in [9.17, 15) is 0 Å².